The molecule has 1 rings (SSSR count). The number of anilines is 1. The van der Waals surface area contributed by atoms with Crippen molar-refractivity contribution < 1.29 is 23.0 Å². The number of hydrogen-bond donors (Lipinski definition) is 1. The monoisotopic (exact) mass is 427 g/mol. The van der Waals surface area contributed by atoms with Gasteiger partial charge in [0.2, 0.25) is 0 Å². The van der Waals surface area contributed by atoms with E-state index in [4.69, 9.17) is 21.1 Å². The molecule has 0 heterocycles. The van der Waals surface area contributed by atoms with Crippen LogP contribution in [-0.2, 0) is 10.6 Å². The summed E-state index contributed by atoms with van der Waals surface area (Å²) in [7, 11) is 3.31. The summed E-state index contributed by atoms with van der Waals surface area (Å²) in [6.45, 7) is 4.35. The molecule has 2 atom stereocenters. The van der Waals surface area contributed by atoms with E-state index in [1.54, 1.807) is 32.4 Å². The number of methoxy groups -OCH3 is 1. The molecule has 0 fully saturated rings. The molecule has 160 valence electrons. The molecule has 29 heavy (non-hydrogen) atoms. The molecule has 0 aliphatic rings. The van der Waals surface area contributed by atoms with Gasteiger partial charge in [0.1, 0.15) is 17.6 Å². The number of benzene rings is 1. The zero-order valence-electron chi connectivity index (χ0n) is 16.7. The number of ether oxygens (including phenoxy) is 3. The Morgan fingerprint density at radius 2 is 1.66 bits per heavy atom. The maximum atomic E-state index is 12.8. The number of nitrogens with one attached hydrogen (secondary N) is 1. The second-order valence-corrected chi connectivity index (χ2v) is 6.22. The van der Waals surface area contributed by atoms with E-state index in [1.165, 1.54) is 6.07 Å². The number of allylic oxidation sites excluding steroid dienone is 4. The van der Waals surface area contributed by atoms with Gasteiger partial charge in [-0.3, -0.25) is 0 Å². The molecule has 0 saturated heterocycles. The summed E-state index contributed by atoms with van der Waals surface area (Å²) in [6.07, 6.45) is 11.3. The van der Waals surface area contributed by atoms with E-state index in [0.717, 1.165) is 0 Å². The van der Waals surface area contributed by atoms with Gasteiger partial charge in [-0.1, -0.05) is 49.6 Å². The van der Waals surface area contributed by atoms with Crippen molar-refractivity contribution in [2.45, 2.75) is 37.5 Å². The van der Waals surface area contributed by atoms with E-state index in [1.807, 2.05) is 24.3 Å². The summed E-state index contributed by atoms with van der Waals surface area (Å²) < 4.78 is 42.0. The highest BCUT2D eigenvalue weighted by Gasteiger charge is 2.24. The fourth-order valence-electron chi connectivity index (χ4n) is 2.67. The van der Waals surface area contributed by atoms with Crippen LogP contribution in [0.5, 0.6) is 11.5 Å². The Labute approximate surface area is 176 Å². The molecule has 0 spiro atoms. The smallest absolute Gasteiger partial charge is 0.387 e. The third kappa shape index (κ3) is 8.30. The van der Waals surface area contributed by atoms with Gasteiger partial charge in [0.25, 0.3) is 0 Å². The molecule has 4 nitrogen and oxygen atoms in total. The predicted octanol–water partition coefficient (Wildman–Crippen LogP) is 6.10. The maximum absolute atomic E-state index is 12.8. The standard InChI is InChI=1S/C22H28ClF2NO3/c1-5-7-9-11-18(27-4)19(12-10-8-6-2)28-21-14-20(29-22(24)25)16(15-23)13-17(21)26-3/h5-10,13-14,18-19,22,26H,1-2,11-12,15H2,3-4H3/b9-7-,10-8-/t18-,19?/m1/s1. The van der Waals surface area contributed by atoms with E-state index in [2.05, 4.69) is 23.2 Å². The van der Waals surface area contributed by atoms with Gasteiger partial charge < -0.3 is 19.5 Å². The van der Waals surface area contributed by atoms with Crippen molar-refractivity contribution in [3.05, 3.63) is 67.3 Å². The van der Waals surface area contributed by atoms with E-state index in [0.29, 0.717) is 29.8 Å². The normalized spacial score (nSPS) is 13.6. The van der Waals surface area contributed by atoms with Crippen LogP contribution in [0.2, 0.25) is 0 Å². The Hall–Kier alpha value is -2.31. The molecule has 0 saturated carbocycles. The average molecular weight is 428 g/mol. The van der Waals surface area contributed by atoms with E-state index < -0.39 is 6.61 Å². The SMILES string of the molecule is C=C/C=C\CC(Oc1cc(OC(F)F)c(CCl)cc1NC)[C@@H](C/C=C\C=C)OC. The van der Waals surface area contributed by atoms with Crippen molar-refractivity contribution in [1.29, 1.82) is 0 Å². The first-order valence-corrected chi connectivity index (χ1v) is 9.64. The lowest BCUT2D eigenvalue weighted by molar-refractivity contribution is -0.0506. The third-order valence-corrected chi connectivity index (χ3v) is 4.36. The van der Waals surface area contributed by atoms with Crippen molar-refractivity contribution in [2.75, 3.05) is 19.5 Å². The first-order valence-electron chi connectivity index (χ1n) is 9.10. The minimum absolute atomic E-state index is 0.0232. The predicted molar refractivity (Wildman–Crippen MR) is 115 cm³/mol. The maximum Gasteiger partial charge on any atom is 0.387 e. The summed E-state index contributed by atoms with van der Waals surface area (Å²) >= 11 is 5.88. The molecular formula is C22H28ClF2NO3. The van der Waals surface area contributed by atoms with Gasteiger partial charge in [-0.2, -0.15) is 8.78 Å². The second-order valence-electron chi connectivity index (χ2n) is 5.95. The van der Waals surface area contributed by atoms with Gasteiger partial charge in [0, 0.05) is 32.2 Å². The molecule has 1 aromatic rings. The van der Waals surface area contributed by atoms with Crippen LogP contribution in [0.25, 0.3) is 0 Å². The van der Waals surface area contributed by atoms with Crippen LogP contribution in [0.15, 0.2) is 61.7 Å². The average Bonchev–Trinajstić information content (AvgIpc) is 2.70. The van der Waals surface area contributed by atoms with Crippen molar-refractivity contribution in [3.8, 4) is 11.5 Å². The van der Waals surface area contributed by atoms with Gasteiger partial charge in [0.05, 0.1) is 17.7 Å². The van der Waals surface area contributed by atoms with E-state index >= 15 is 0 Å². The first-order chi connectivity index (χ1) is 14.0. The summed E-state index contributed by atoms with van der Waals surface area (Å²) in [5.41, 5.74) is 1.04. The Balaban J connectivity index is 3.26. The molecule has 0 bridgehead atoms. The van der Waals surface area contributed by atoms with Crippen LogP contribution in [0, 0.1) is 0 Å². The Kier molecular flexibility index (Phi) is 11.8. The van der Waals surface area contributed by atoms with Gasteiger partial charge in [0.15, 0.2) is 0 Å². The molecule has 0 aromatic heterocycles. The van der Waals surface area contributed by atoms with Crippen LogP contribution < -0.4 is 14.8 Å². The molecule has 0 radical (unpaired) electrons. The zero-order chi connectivity index (χ0) is 21.6. The quantitative estimate of drug-likeness (QED) is 0.288. The molecule has 0 aliphatic carbocycles. The topological polar surface area (TPSA) is 39.7 Å². The molecule has 1 unspecified atom stereocenters. The van der Waals surface area contributed by atoms with Crippen LogP contribution >= 0.6 is 11.6 Å². The lowest BCUT2D eigenvalue weighted by Crippen LogP contribution is -2.33. The lowest BCUT2D eigenvalue weighted by atomic mass is 10.1. The van der Waals surface area contributed by atoms with Crippen molar-refractivity contribution in [1.82, 2.24) is 0 Å². The number of rotatable bonds is 14. The lowest BCUT2D eigenvalue weighted by Gasteiger charge is -2.27. The summed E-state index contributed by atoms with van der Waals surface area (Å²) in [4.78, 5) is 0. The van der Waals surface area contributed by atoms with Crippen LogP contribution in [0.4, 0.5) is 14.5 Å². The Morgan fingerprint density at radius 1 is 1.03 bits per heavy atom. The van der Waals surface area contributed by atoms with E-state index in [-0.39, 0.29) is 23.8 Å². The first kappa shape index (κ1) is 24.7. The third-order valence-electron chi connectivity index (χ3n) is 4.07. The van der Waals surface area contributed by atoms with Gasteiger partial charge in [-0.15, -0.1) is 11.6 Å². The number of hydrogen-bond acceptors (Lipinski definition) is 4. The van der Waals surface area contributed by atoms with Gasteiger partial charge in [-0.25, -0.2) is 0 Å². The van der Waals surface area contributed by atoms with Gasteiger partial charge in [-0.05, 0) is 12.5 Å². The fourth-order valence-corrected chi connectivity index (χ4v) is 2.87. The van der Waals surface area contributed by atoms with Gasteiger partial charge >= 0.3 is 6.61 Å². The molecule has 1 N–H and O–H groups in total. The van der Waals surface area contributed by atoms with Crippen LogP contribution in [-0.4, -0.2) is 33.0 Å². The largest absolute Gasteiger partial charge is 0.485 e. The molecule has 7 heteroatoms. The van der Waals surface area contributed by atoms with Crippen LogP contribution in [0.1, 0.15) is 18.4 Å². The van der Waals surface area contributed by atoms with Crippen molar-refractivity contribution in [3.63, 3.8) is 0 Å². The van der Waals surface area contributed by atoms with Crippen molar-refractivity contribution >= 4 is 17.3 Å². The molecule has 0 amide bonds. The zero-order valence-corrected chi connectivity index (χ0v) is 17.5. The minimum Gasteiger partial charge on any atom is -0.485 e. The number of halogens is 3. The molecule has 0 aliphatic heterocycles. The fraction of sp³-hybridized carbons (Fsp3) is 0.364. The second kappa shape index (κ2) is 13.8. The highest BCUT2D eigenvalue weighted by Crippen LogP contribution is 2.36. The highest BCUT2D eigenvalue weighted by atomic mass is 35.5. The molecule has 1 aromatic carbocycles. The summed E-state index contributed by atoms with van der Waals surface area (Å²) in [5.74, 6) is 0.365. The Morgan fingerprint density at radius 3 is 2.14 bits per heavy atom. The minimum atomic E-state index is -2.97. The summed E-state index contributed by atoms with van der Waals surface area (Å²) in [6, 6.07) is 3.06. The Bertz CT molecular complexity index is 708. The summed E-state index contributed by atoms with van der Waals surface area (Å²) in [5, 5.41) is 3.00. The van der Waals surface area contributed by atoms with E-state index in [9.17, 15) is 8.78 Å². The number of alkyl halides is 3. The van der Waals surface area contributed by atoms with Crippen molar-refractivity contribution in [2.24, 2.45) is 0 Å². The molecular weight excluding hydrogens is 400 g/mol. The van der Waals surface area contributed by atoms with Crippen LogP contribution in [0.3, 0.4) is 0 Å². The highest BCUT2D eigenvalue weighted by molar-refractivity contribution is 6.17.